The Morgan fingerprint density at radius 1 is 0.667 bits per heavy atom. The number of azide groups is 1. The van der Waals surface area contributed by atoms with Crippen molar-refractivity contribution in [3.05, 3.63) is 154 Å². The van der Waals surface area contributed by atoms with E-state index in [9.17, 15) is 19.5 Å². The summed E-state index contributed by atoms with van der Waals surface area (Å²) in [7, 11) is 0. The van der Waals surface area contributed by atoms with Crippen molar-refractivity contribution in [2.75, 3.05) is 46.2 Å². The minimum atomic E-state index is -1.59. The first-order chi connectivity index (χ1) is 32.3. The van der Waals surface area contributed by atoms with Crippen LogP contribution < -0.4 is 0 Å². The predicted octanol–water partition coefficient (Wildman–Crippen LogP) is 6.13. The molecule has 4 aromatic carbocycles. The van der Waals surface area contributed by atoms with Gasteiger partial charge in [0.05, 0.1) is 49.7 Å². The van der Waals surface area contributed by atoms with Gasteiger partial charge in [-0.25, -0.2) is 14.4 Å². The van der Waals surface area contributed by atoms with Gasteiger partial charge in [0.25, 0.3) is 0 Å². The molecule has 4 aromatic rings. The molecule has 66 heavy (non-hydrogen) atoms. The molecule has 0 aliphatic carbocycles. The molecule has 0 radical (unpaired) electrons. The lowest BCUT2D eigenvalue weighted by atomic mass is 9.95. The summed E-state index contributed by atoms with van der Waals surface area (Å²) in [5.41, 5.74) is 9.88. The largest absolute Gasteiger partial charge is 0.452 e. The van der Waals surface area contributed by atoms with E-state index in [-0.39, 0.29) is 56.3 Å². The summed E-state index contributed by atoms with van der Waals surface area (Å²) < 4.78 is 68.7. The van der Waals surface area contributed by atoms with Crippen molar-refractivity contribution in [2.45, 2.75) is 87.5 Å². The van der Waals surface area contributed by atoms with Crippen LogP contribution in [0.3, 0.4) is 0 Å². The summed E-state index contributed by atoms with van der Waals surface area (Å²) in [6, 6.07) is 33.7. The number of benzene rings is 4. The highest BCUT2D eigenvalue weighted by atomic mass is 16.8. The van der Waals surface area contributed by atoms with E-state index in [1.165, 1.54) is 0 Å². The van der Waals surface area contributed by atoms with Crippen molar-refractivity contribution in [1.29, 1.82) is 0 Å². The molecule has 3 aliphatic heterocycles. The second-order valence-corrected chi connectivity index (χ2v) is 15.4. The van der Waals surface area contributed by atoms with Crippen molar-refractivity contribution in [2.24, 2.45) is 5.11 Å². The van der Waals surface area contributed by atoms with E-state index in [0.29, 0.717) is 18.6 Å². The summed E-state index contributed by atoms with van der Waals surface area (Å²) in [6.07, 6.45) is -13.1. The molecule has 18 nitrogen and oxygen atoms in total. The second kappa shape index (κ2) is 24.7. The number of esters is 3. The highest BCUT2D eigenvalue weighted by Crippen LogP contribution is 2.38. The molecule has 3 heterocycles. The zero-order chi connectivity index (χ0) is 46.1. The predicted molar refractivity (Wildman–Crippen MR) is 232 cm³/mol. The molecular formula is C48H53N3O15. The van der Waals surface area contributed by atoms with Crippen LogP contribution in [0.4, 0.5) is 0 Å². The van der Waals surface area contributed by atoms with Crippen molar-refractivity contribution in [1.82, 2.24) is 0 Å². The Kier molecular flexibility index (Phi) is 18.0. The van der Waals surface area contributed by atoms with Crippen LogP contribution in [0.5, 0.6) is 0 Å². The van der Waals surface area contributed by atoms with E-state index < -0.39 is 85.6 Å². The normalized spacial score (nSPS) is 27.1. The molecular weight excluding hydrogens is 859 g/mol. The Balaban J connectivity index is 1.25. The molecule has 11 atom stereocenters. The number of hydrogen-bond acceptors (Lipinski definition) is 16. The third-order valence-corrected chi connectivity index (χ3v) is 10.9. The zero-order valence-corrected chi connectivity index (χ0v) is 36.3. The molecule has 11 unspecified atom stereocenters. The Hall–Kier alpha value is -5.76. The van der Waals surface area contributed by atoms with Crippen molar-refractivity contribution in [3.63, 3.8) is 0 Å². The third kappa shape index (κ3) is 12.8. The molecule has 0 bridgehead atoms. The lowest BCUT2D eigenvalue weighted by molar-refractivity contribution is -0.384. The number of carbonyl (C=O) groups excluding carboxylic acids is 3. The number of aliphatic hydroxyl groups is 1. The quantitative estimate of drug-likeness (QED) is 0.0248. The third-order valence-electron chi connectivity index (χ3n) is 10.9. The molecule has 350 valence electrons. The van der Waals surface area contributed by atoms with Crippen LogP contribution in [0, 0.1) is 0 Å². The summed E-state index contributed by atoms with van der Waals surface area (Å²) >= 11 is 0. The Bertz CT molecular complexity index is 2170. The molecule has 0 saturated carbocycles. The summed E-state index contributed by atoms with van der Waals surface area (Å²) in [6.45, 7) is 2.25. The van der Waals surface area contributed by atoms with E-state index in [2.05, 4.69) is 10.0 Å². The smallest absolute Gasteiger partial charge is 0.338 e. The molecule has 0 spiro atoms. The summed E-state index contributed by atoms with van der Waals surface area (Å²) in [4.78, 5) is 44.6. The van der Waals surface area contributed by atoms with Crippen molar-refractivity contribution >= 4 is 17.9 Å². The highest BCUT2D eigenvalue weighted by molar-refractivity contribution is 5.90. The average molecular weight is 912 g/mol. The van der Waals surface area contributed by atoms with E-state index in [0.717, 1.165) is 6.42 Å². The Morgan fingerprint density at radius 2 is 1.24 bits per heavy atom. The maximum atomic E-state index is 14.1. The monoisotopic (exact) mass is 911 g/mol. The molecule has 7 rings (SSSR count). The van der Waals surface area contributed by atoms with Gasteiger partial charge in [-0.1, -0.05) is 103 Å². The maximum absolute atomic E-state index is 14.1. The number of unbranched alkanes of at least 4 members (excludes halogenated alkanes) is 1. The molecule has 1 N–H and O–H groups in total. The average Bonchev–Trinajstić information content (AvgIpc) is 3.36. The fraction of sp³-hybridized carbons (Fsp3) is 0.438. The van der Waals surface area contributed by atoms with Crippen LogP contribution in [0.15, 0.2) is 126 Å². The van der Waals surface area contributed by atoms with Crippen LogP contribution in [-0.2, 0) is 52.1 Å². The van der Waals surface area contributed by atoms with Gasteiger partial charge < -0.3 is 57.2 Å². The van der Waals surface area contributed by atoms with Crippen LogP contribution >= 0.6 is 0 Å². The highest BCUT2D eigenvalue weighted by Gasteiger charge is 2.57. The number of hydrogen-bond donors (Lipinski definition) is 1. The second-order valence-electron chi connectivity index (χ2n) is 15.4. The van der Waals surface area contributed by atoms with Gasteiger partial charge in [0, 0.05) is 23.6 Å². The summed E-state index contributed by atoms with van der Waals surface area (Å²) in [5, 5.41) is 15.7. The standard InChI is InChI=1S/C48H53N3O15/c1-2-3-25-57-29-35-39(66-48-40(62-43(53)31-16-8-4-9-17-31)37(52)38-36(61-48)30-59-46(65-38)34-22-14-7-15-23-34)41(63-44(54)32-18-10-5-11-19-32)42(64-45(55)33-20-12-6-13-21-33)47(60-35)58-28-27-56-26-24-50-51-49/h4-23,35-42,46-48,52H,2-3,24-30H2,1H3. The van der Waals surface area contributed by atoms with Gasteiger partial charge in [0.1, 0.15) is 30.5 Å². The lowest BCUT2D eigenvalue weighted by Crippen LogP contribution is -2.67. The zero-order valence-electron chi connectivity index (χ0n) is 36.3. The molecule has 18 heteroatoms. The topological polar surface area (TPSA) is 222 Å². The minimum absolute atomic E-state index is 0.0202. The number of rotatable bonds is 21. The van der Waals surface area contributed by atoms with Gasteiger partial charge in [-0.05, 0) is 48.4 Å². The van der Waals surface area contributed by atoms with Crippen LogP contribution in [-0.4, -0.2) is 131 Å². The van der Waals surface area contributed by atoms with E-state index >= 15 is 0 Å². The van der Waals surface area contributed by atoms with E-state index in [1.54, 1.807) is 91.0 Å². The van der Waals surface area contributed by atoms with E-state index in [4.69, 9.17) is 57.6 Å². The van der Waals surface area contributed by atoms with Gasteiger partial charge in [0.2, 0.25) is 0 Å². The van der Waals surface area contributed by atoms with Crippen LogP contribution in [0.25, 0.3) is 10.4 Å². The Labute approximate surface area is 381 Å². The van der Waals surface area contributed by atoms with Gasteiger partial charge in [-0.3, -0.25) is 0 Å². The molecule has 3 aliphatic rings. The first-order valence-corrected chi connectivity index (χ1v) is 21.9. The van der Waals surface area contributed by atoms with Gasteiger partial charge in [-0.15, -0.1) is 0 Å². The van der Waals surface area contributed by atoms with Crippen LogP contribution in [0.2, 0.25) is 0 Å². The SMILES string of the molecule is CCCCOCC1OC(OCCOCCN=[N+]=[N-])C(OC(=O)c2ccccc2)C(OC(=O)c2ccccc2)C1OC1OC2COC(c3ccccc3)OC2C(O)C1OC(=O)c1ccccc1. The number of aliphatic hydroxyl groups excluding tert-OH is 1. The van der Waals surface area contributed by atoms with Gasteiger partial charge in [-0.2, -0.15) is 0 Å². The number of nitrogens with zero attached hydrogens (tertiary/aromatic N) is 3. The van der Waals surface area contributed by atoms with Crippen LogP contribution in [0.1, 0.15) is 62.7 Å². The van der Waals surface area contributed by atoms with E-state index in [1.807, 2.05) is 37.3 Å². The molecule has 3 saturated heterocycles. The van der Waals surface area contributed by atoms with Gasteiger partial charge >= 0.3 is 17.9 Å². The fourth-order valence-corrected chi connectivity index (χ4v) is 7.53. The first-order valence-electron chi connectivity index (χ1n) is 21.9. The Morgan fingerprint density at radius 3 is 1.83 bits per heavy atom. The molecule has 0 aromatic heterocycles. The van der Waals surface area contributed by atoms with Gasteiger partial charge in [0.15, 0.2) is 37.2 Å². The lowest BCUT2D eigenvalue weighted by Gasteiger charge is -2.50. The van der Waals surface area contributed by atoms with Crippen molar-refractivity contribution in [3.8, 4) is 0 Å². The summed E-state index contributed by atoms with van der Waals surface area (Å²) in [5.74, 6) is -2.40. The number of ether oxygens (including phenoxy) is 11. The molecule has 0 amide bonds. The molecule has 3 fully saturated rings. The minimum Gasteiger partial charge on any atom is -0.452 e. The first kappa shape index (κ1) is 48.2. The van der Waals surface area contributed by atoms with Crippen molar-refractivity contribution < 1.29 is 71.6 Å². The maximum Gasteiger partial charge on any atom is 0.338 e. The number of carbonyl (C=O) groups is 3. The fourth-order valence-electron chi connectivity index (χ4n) is 7.53. The number of fused-ring (bicyclic) bond motifs is 1.